The predicted molar refractivity (Wildman–Crippen MR) is 50.9 cm³/mol. The van der Waals surface area contributed by atoms with Crippen molar-refractivity contribution in [3.05, 3.63) is 0 Å². The van der Waals surface area contributed by atoms with E-state index in [0.29, 0.717) is 0 Å². The smallest absolute Gasteiger partial charge is 0.171 e. The molecule has 0 aliphatic heterocycles. The van der Waals surface area contributed by atoms with Crippen LogP contribution in [0.25, 0.3) is 0 Å². The van der Waals surface area contributed by atoms with Gasteiger partial charge in [-0.05, 0) is 23.7 Å². The van der Waals surface area contributed by atoms with E-state index in [1.165, 1.54) is 6.92 Å². The second-order valence-corrected chi connectivity index (χ2v) is 4.81. The minimum absolute atomic E-state index is 0.221. The van der Waals surface area contributed by atoms with Crippen LogP contribution in [-0.4, -0.2) is 6.18 Å². The lowest BCUT2D eigenvalue weighted by Crippen LogP contribution is -2.29. The van der Waals surface area contributed by atoms with E-state index in [4.69, 9.17) is 0 Å². The van der Waals surface area contributed by atoms with Gasteiger partial charge in [0.25, 0.3) is 0 Å². The van der Waals surface area contributed by atoms with Gasteiger partial charge in [0.1, 0.15) is 0 Å². The lowest BCUT2D eigenvalue weighted by molar-refractivity contribution is -0.188. The van der Waals surface area contributed by atoms with Crippen LogP contribution in [-0.2, 0) is 0 Å². The number of halogens is 3. The Hall–Kier alpha value is -0.210. The van der Waals surface area contributed by atoms with Crippen LogP contribution in [0.4, 0.5) is 13.2 Å². The van der Waals surface area contributed by atoms with Gasteiger partial charge in [-0.3, -0.25) is 0 Å². The molecule has 0 bridgehead atoms. The Morgan fingerprint density at radius 3 is 2.21 bits per heavy atom. The average Bonchev–Trinajstić information content (AvgIpc) is 2.57. The minimum Gasteiger partial charge on any atom is -0.171 e. The maximum Gasteiger partial charge on any atom is 0.392 e. The highest BCUT2D eigenvalue weighted by Gasteiger charge is 2.65. The van der Waals surface area contributed by atoms with Gasteiger partial charge in [-0.2, -0.15) is 13.2 Å². The van der Waals surface area contributed by atoms with E-state index >= 15 is 0 Å². The van der Waals surface area contributed by atoms with Gasteiger partial charge < -0.3 is 0 Å². The molecule has 3 heteroatoms. The quantitative estimate of drug-likeness (QED) is 0.650. The minimum atomic E-state index is -4.04. The number of alkyl halides is 3. The number of hydrogen-bond donors (Lipinski definition) is 0. The van der Waals surface area contributed by atoms with Gasteiger partial charge in [-0.25, -0.2) is 0 Å². The van der Waals surface area contributed by atoms with E-state index in [1.54, 1.807) is 6.92 Å². The van der Waals surface area contributed by atoms with E-state index in [0.717, 1.165) is 12.8 Å². The fourth-order valence-corrected chi connectivity index (χ4v) is 2.80. The van der Waals surface area contributed by atoms with E-state index < -0.39 is 17.5 Å². The summed E-state index contributed by atoms with van der Waals surface area (Å²) in [5.41, 5.74) is -0.506. The fourth-order valence-electron chi connectivity index (χ4n) is 2.80. The predicted octanol–water partition coefficient (Wildman–Crippen LogP) is 4.26. The molecule has 1 aliphatic carbocycles. The molecule has 0 nitrogen and oxygen atoms in total. The van der Waals surface area contributed by atoms with Crippen molar-refractivity contribution in [2.24, 2.45) is 23.2 Å². The van der Waals surface area contributed by atoms with Crippen molar-refractivity contribution in [1.82, 2.24) is 0 Å². The van der Waals surface area contributed by atoms with Gasteiger partial charge in [0, 0.05) is 0 Å². The summed E-state index contributed by atoms with van der Waals surface area (Å²) in [7, 11) is 0. The Balaban J connectivity index is 2.69. The summed E-state index contributed by atoms with van der Waals surface area (Å²) < 4.78 is 37.7. The number of rotatable bonds is 3. The van der Waals surface area contributed by atoms with Gasteiger partial charge >= 0.3 is 6.18 Å². The highest BCUT2D eigenvalue weighted by atomic mass is 19.4. The van der Waals surface area contributed by atoms with Crippen molar-refractivity contribution >= 4 is 0 Å². The van der Waals surface area contributed by atoms with Crippen LogP contribution in [0.3, 0.4) is 0 Å². The van der Waals surface area contributed by atoms with Crippen LogP contribution in [0.15, 0.2) is 0 Å². The Morgan fingerprint density at radius 1 is 1.36 bits per heavy atom. The summed E-state index contributed by atoms with van der Waals surface area (Å²) in [6.45, 7) is 7.09. The molecule has 0 saturated heterocycles. The monoisotopic (exact) mass is 208 g/mol. The van der Waals surface area contributed by atoms with Crippen LogP contribution >= 0.6 is 0 Å². The van der Waals surface area contributed by atoms with Crippen molar-refractivity contribution in [2.75, 3.05) is 0 Å². The maximum absolute atomic E-state index is 12.6. The van der Waals surface area contributed by atoms with E-state index in [2.05, 4.69) is 0 Å². The molecule has 84 valence electrons. The molecule has 1 aliphatic rings. The molecule has 0 amide bonds. The van der Waals surface area contributed by atoms with Crippen molar-refractivity contribution in [2.45, 2.75) is 46.7 Å². The molecule has 0 aromatic rings. The molecular formula is C11H19F3. The SMILES string of the molecule is CCCC1C(C)C1(C)C(C)C(F)(F)F. The number of hydrogen-bond acceptors (Lipinski definition) is 0. The summed E-state index contributed by atoms with van der Waals surface area (Å²) in [5, 5.41) is 0. The molecule has 0 heterocycles. The summed E-state index contributed by atoms with van der Waals surface area (Å²) >= 11 is 0. The molecule has 4 unspecified atom stereocenters. The van der Waals surface area contributed by atoms with E-state index in [-0.39, 0.29) is 11.8 Å². The Bertz CT molecular complexity index is 209. The molecule has 1 rings (SSSR count). The molecule has 14 heavy (non-hydrogen) atoms. The zero-order valence-corrected chi connectivity index (χ0v) is 9.28. The lowest BCUT2D eigenvalue weighted by atomic mass is 9.87. The Morgan fingerprint density at radius 2 is 1.86 bits per heavy atom. The van der Waals surface area contributed by atoms with Crippen LogP contribution < -0.4 is 0 Å². The molecule has 0 N–H and O–H groups in total. The van der Waals surface area contributed by atoms with Gasteiger partial charge in [0.05, 0.1) is 5.92 Å². The first-order valence-electron chi connectivity index (χ1n) is 5.33. The summed E-state index contributed by atoms with van der Waals surface area (Å²) in [6.07, 6.45) is -2.13. The van der Waals surface area contributed by atoms with Gasteiger partial charge in [0.15, 0.2) is 0 Å². The van der Waals surface area contributed by atoms with E-state index in [9.17, 15) is 13.2 Å². The highest BCUT2D eigenvalue weighted by Crippen LogP contribution is 2.67. The second-order valence-electron chi connectivity index (χ2n) is 4.81. The molecule has 0 radical (unpaired) electrons. The first kappa shape index (κ1) is 11.9. The molecule has 0 spiro atoms. The molecule has 0 aromatic heterocycles. The summed E-state index contributed by atoms with van der Waals surface area (Å²) in [5.74, 6) is -0.676. The van der Waals surface area contributed by atoms with Crippen molar-refractivity contribution in [3.8, 4) is 0 Å². The van der Waals surface area contributed by atoms with Crippen LogP contribution in [0.5, 0.6) is 0 Å². The highest BCUT2D eigenvalue weighted by molar-refractivity contribution is 5.08. The second kappa shape index (κ2) is 3.42. The third-order valence-electron chi connectivity index (χ3n) is 4.30. The maximum atomic E-state index is 12.6. The third-order valence-corrected chi connectivity index (χ3v) is 4.30. The lowest BCUT2D eigenvalue weighted by Gasteiger charge is -2.24. The van der Waals surface area contributed by atoms with E-state index in [1.807, 2.05) is 13.8 Å². The van der Waals surface area contributed by atoms with Crippen LogP contribution in [0.1, 0.15) is 40.5 Å². The molecule has 4 atom stereocenters. The Kier molecular flexibility index (Phi) is 2.90. The van der Waals surface area contributed by atoms with Crippen molar-refractivity contribution in [1.29, 1.82) is 0 Å². The largest absolute Gasteiger partial charge is 0.392 e. The first-order valence-corrected chi connectivity index (χ1v) is 5.33. The van der Waals surface area contributed by atoms with Gasteiger partial charge in [-0.1, -0.05) is 34.1 Å². The zero-order chi connectivity index (χ0) is 11.1. The molecule has 0 aromatic carbocycles. The standard InChI is InChI=1S/C11H19F3/c1-5-6-9-7(2)10(9,4)8(3)11(12,13)14/h7-9H,5-6H2,1-4H3. The van der Waals surface area contributed by atoms with Crippen LogP contribution in [0.2, 0.25) is 0 Å². The normalized spacial score (nSPS) is 39.6. The first-order chi connectivity index (χ1) is 6.26. The topological polar surface area (TPSA) is 0 Å². The molecule has 1 saturated carbocycles. The van der Waals surface area contributed by atoms with Crippen molar-refractivity contribution in [3.63, 3.8) is 0 Å². The van der Waals surface area contributed by atoms with Crippen molar-refractivity contribution < 1.29 is 13.2 Å². The summed E-state index contributed by atoms with van der Waals surface area (Å²) in [4.78, 5) is 0. The molecule has 1 fully saturated rings. The van der Waals surface area contributed by atoms with Gasteiger partial charge in [-0.15, -0.1) is 0 Å². The zero-order valence-electron chi connectivity index (χ0n) is 9.28. The fraction of sp³-hybridized carbons (Fsp3) is 1.00. The third kappa shape index (κ3) is 1.66. The Labute approximate surface area is 83.9 Å². The van der Waals surface area contributed by atoms with Crippen LogP contribution in [0, 0.1) is 23.2 Å². The molecular weight excluding hydrogens is 189 g/mol. The average molecular weight is 208 g/mol. The summed E-state index contributed by atoms with van der Waals surface area (Å²) in [6, 6.07) is 0. The van der Waals surface area contributed by atoms with Gasteiger partial charge in [0.2, 0.25) is 0 Å².